The molecular weight excluding hydrogens is 210 g/mol. The summed E-state index contributed by atoms with van der Waals surface area (Å²) >= 11 is 0. The van der Waals surface area contributed by atoms with Crippen molar-refractivity contribution in [1.82, 2.24) is 15.1 Å². The van der Waals surface area contributed by atoms with E-state index in [1.165, 1.54) is 7.05 Å². The van der Waals surface area contributed by atoms with Gasteiger partial charge in [0.05, 0.1) is 6.42 Å². The first kappa shape index (κ1) is 12.5. The van der Waals surface area contributed by atoms with Crippen LogP contribution in [0.5, 0.6) is 0 Å². The number of hydrogen-bond acceptors (Lipinski definition) is 3. The van der Waals surface area contributed by atoms with E-state index in [1.807, 2.05) is 13.8 Å². The fourth-order valence-corrected chi connectivity index (χ4v) is 1.62. The lowest BCUT2D eigenvalue weighted by Crippen LogP contribution is -2.47. The van der Waals surface area contributed by atoms with E-state index in [4.69, 9.17) is 0 Å². The lowest BCUT2D eigenvalue weighted by Gasteiger charge is -2.21. The van der Waals surface area contributed by atoms with Crippen molar-refractivity contribution < 1.29 is 14.4 Å². The van der Waals surface area contributed by atoms with Gasteiger partial charge in [-0.15, -0.1) is 0 Å². The van der Waals surface area contributed by atoms with Gasteiger partial charge in [0.2, 0.25) is 5.91 Å². The zero-order chi connectivity index (χ0) is 12.3. The van der Waals surface area contributed by atoms with Crippen molar-refractivity contribution >= 4 is 17.8 Å². The van der Waals surface area contributed by atoms with Crippen molar-refractivity contribution in [2.75, 3.05) is 20.1 Å². The second kappa shape index (κ2) is 4.96. The summed E-state index contributed by atoms with van der Waals surface area (Å²) in [6, 6.07) is -1.00. The molecule has 0 aromatic rings. The van der Waals surface area contributed by atoms with Gasteiger partial charge >= 0.3 is 6.03 Å². The van der Waals surface area contributed by atoms with Crippen molar-refractivity contribution in [3.63, 3.8) is 0 Å². The molecule has 4 amide bonds. The number of nitrogens with zero attached hydrogens (tertiary/aromatic N) is 2. The molecule has 6 nitrogen and oxygen atoms in total. The molecule has 6 heteroatoms. The van der Waals surface area contributed by atoms with Crippen molar-refractivity contribution in [2.24, 2.45) is 0 Å². The van der Waals surface area contributed by atoms with E-state index < -0.39 is 6.04 Å². The summed E-state index contributed by atoms with van der Waals surface area (Å²) in [5.74, 6) is -0.597. The highest BCUT2D eigenvalue weighted by atomic mass is 16.2. The third-order valence-corrected chi connectivity index (χ3v) is 2.73. The number of urea groups is 1. The molecule has 1 N–H and O–H groups in total. The van der Waals surface area contributed by atoms with Crippen LogP contribution in [0, 0.1) is 0 Å². The standard InChI is InChI=1S/C10H17N3O3/c1-4-13(5-2)10(16)11-7-6-8(14)12(3)9(7)15/h7H,4-6H2,1-3H3,(H,11,16). The predicted octanol–water partition coefficient (Wildman–Crippen LogP) is -0.205. The van der Waals surface area contributed by atoms with Gasteiger partial charge in [-0.2, -0.15) is 0 Å². The van der Waals surface area contributed by atoms with Gasteiger partial charge in [-0.3, -0.25) is 14.5 Å². The Morgan fingerprint density at radius 3 is 2.38 bits per heavy atom. The number of likely N-dealkylation sites (N-methyl/N-ethyl adjacent to an activating group) is 1. The highest BCUT2D eigenvalue weighted by Crippen LogP contribution is 2.10. The third kappa shape index (κ3) is 2.32. The van der Waals surface area contributed by atoms with Crippen LogP contribution in [-0.4, -0.2) is 53.8 Å². The summed E-state index contributed by atoms with van der Waals surface area (Å²) in [5.41, 5.74) is 0. The average Bonchev–Trinajstić information content (AvgIpc) is 2.48. The zero-order valence-electron chi connectivity index (χ0n) is 9.82. The first-order chi connectivity index (χ1) is 7.51. The van der Waals surface area contributed by atoms with Crippen LogP contribution in [0.25, 0.3) is 0 Å². The summed E-state index contributed by atoms with van der Waals surface area (Å²) in [5, 5.41) is 2.57. The number of imide groups is 1. The van der Waals surface area contributed by atoms with E-state index in [-0.39, 0.29) is 24.3 Å². The van der Waals surface area contributed by atoms with Gasteiger partial charge in [-0.25, -0.2) is 4.79 Å². The molecule has 90 valence electrons. The van der Waals surface area contributed by atoms with Crippen molar-refractivity contribution in [1.29, 1.82) is 0 Å². The molecule has 0 radical (unpaired) electrons. The molecule has 0 spiro atoms. The fraction of sp³-hybridized carbons (Fsp3) is 0.700. The van der Waals surface area contributed by atoms with E-state index in [1.54, 1.807) is 4.90 Å². The minimum absolute atomic E-state index is 0.0579. The summed E-state index contributed by atoms with van der Waals surface area (Å²) in [4.78, 5) is 37.0. The third-order valence-electron chi connectivity index (χ3n) is 2.73. The number of hydrogen-bond donors (Lipinski definition) is 1. The van der Waals surface area contributed by atoms with Gasteiger partial charge in [-0.05, 0) is 13.8 Å². The lowest BCUT2D eigenvalue weighted by atomic mass is 10.2. The van der Waals surface area contributed by atoms with Gasteiger partial charge in [0.25, 0.3) is 5.91 Å². The second-order valence-corrected chi connectivity index (χ2v) is 3.67. The van der Waals surface area contributed by atoms with Gasteiger partial charge in [0.15, 0.2) is 0 Å². The highest BCUT2D eigenvalue weighted by Gasteiger charge is 2.37. The van der Waals surface area contributed by atoms with Crippen LogP contribution in [0.1, 0.15) is 20.3 Å². The Bertz CT molecular complexity index is 312. The quantitative estimate of drug-likeness (QED) is 0.678. The van der Waals surface area contributed by atoms with Gasteiger partial charge in [0, 0.05) is 20.1 Å². The smallest absolute Gasteiger partial charge is 0.318 e. The largest absolute Gasteiger partial charge is 0.326 e. The van der Waals surface area contributed by atoms with Gasteiger partial charge in [0.1, 0.15) is 6.04 Å². The Labute approximate surface area is 94.6 Å². The van der Waals surface area contributed by atoms with Crippen LogP contribution in [0.4, 0.5) is 4.79 Å². The molecule has 1 saturated heterocycles. The number of rotatable bonds is 3. The number of carbonyl (C=O) groups excluding carboxylic acids is 3. The Morgan fingerprint density at radius 2 is 2.00 bits per heavy atom. The number of nitrogens with one attached hydrogen (secondary N) is 1. The van der Waals surface area contributed by atoms with Gasteiger partial charge < -0.3 is 10.2 Å². The molecular formula is C10H17N3O3. The Kier molecular flexibility index (Phi) is 3.87. The lowest BCUT2D eigenvalue weighted by molar-refractivity contribution is -0.137. The van der Waals surface area contributed by atoms with Crippen molar-refractivity contribution in [3.05, 3.63) is 0 Å². The van der Waals surface area contributed by atoms with Crippen LogP contribution >= 0.6 is 0 Å². The molecule has 1 heterocycles. The summed E-state index contributed by atoms with van der Waals surface area (Å²) in [7, 11) is 1.42. The van der Waals surface area contributed by atoms with E-state index >= 15 is 0 Å². The Morgan fingerprint density at radius 1 is 1.44 bits per heavy atom. The first-order valence-corrected chi connectivity index (χ1v) is 5.37. The monoisotopic (exact) mass is 227 g/mol. The van der Waals surface area contributed by atoms with Crippen LogP contribution in [-0.2, 0) is 9.59 Å². The molecule has 16 heavy (non-hydrogen) atoms. The van der Waals surface area contributed by atoms with Crippen LogP contribution < -0.4 is 5.32 Å². The predicted molar refractivity (Wildman–Crippen MR) is 57.6 cm³/mol. The molecule has 1 aliphatic heterocycles. The molecule has 1 atom stereocenters. The molecule has 1 unspecified atom stereocenters. The minimum atomic E-state index is -0.703. The topological polar surface area (TPSA) is 69.7 Å². The molecule has 1 aliphatic rings. The zero-order valence-corrected chi connectivity index (χ0v) is 9.82. The van der Waals surface area contributed by atoms with E-state index in [9.17, 15) is 14.4 Å². The Hall–Kier alpha value is -1.59. The first-order valence-electron chi connectivity index (χ1n) is 5.37. The van der Waals surface area contributed by atoms with Crippen molar-refractivity contribution in [2.45, 2.75) is 26.3 Å². The summed E-state index contributed by atoms with van der Waals surface area (Å²) in [6.07, 6.45) is 0.0579. The normalized spacial score (nSPS) is 20.2. The number of amides is 4. The molecule has 1 fully saturated rings. The summed E-state index contributed by atoms with van der Waals surface area (Å²) in [6.45, 7) is 4.87. The van der Waals surface area contributed by atoms with E-state index in [2.05, 4.69) is 5.32 Å². The molecule has 0 aliphatic carbocycles. The molecule has 1 rings (SSSR count). The number of carbonyl (C=O) groups is 3. The fourth-order valence-electron chi connectivity index (χ4n) is 1.62. The van der Waals surface area contributed by atoms with Crippen LogP contribution in [0.15, 0.2) is 0 Å². The maximum Gasteiger partial charge on any atom is 0.318 e. The van der Waals surface area contributed by atoms with Gasteiger partial charge in [-0.1, -0.05) is 0 Å². The molecule has 0 aromatic heterocycles. The minimum Gasteiger partial charge on any atom is -0.326 e. The summed E-state index contributed by atoms with van der Waals surface area (Å²) < 4.78 is 0. The maximum absolute atomic E-state index is 11.7. The Balaban J connectivity index is 2.59. The van der Waals surface area contributed by atoms with E-state index in [0.29, 0.717) is 13.1 Å². The number of likely N-dealkylation sites (tertiary alicyclic amines) is 1. The highest BCUT2D eigenvalue weighted by molar-refractivity contribution is 6.06. The van der Waals surface area contributed by atoms with E-state index in [0.717, 1.165) is 4.90 Å². The maximum atomic E-state index is 11.7. The van der Waals surface area contributed by atoms with Crippen LogP contribution in [0.3, 0.4) is 0 Å². The molecule has 0 bridgehead atoms. The molecule has 0 saturated carbocycles. The average molecular weight is 227 g/mol. The van der Waals surface area contributed by atoms with Crippen molar-refractivity contribution in [3.8, 4) is 0 Å². The van der Waals surface area contributed by atoms with Crippen LogP contribution in [0.2, 0.25) is 0 Å². The second-order valence-electron chi connectivity index (χ2n) is 3.67. The SMILES string of the molecule is CCN(CC)C(=O)NC1CC(=O)N(C)C1=O. The molecule has 0 aromatic carbocycles.